The van der Waals surface area contributed by atoms with E-state index in [1.54, 1.807) is 0 Å². The lowest BCUT2D eigenvalue weighted by Crippen LogP contribution is -2.30. The Labute approximate surface area is 101 Å². The van der Waals surface area contributed by atoms with E-state index in [1.165, 1.54) is 26.1 Å². The molecule has 94 valence electrons. The Kier molecular flexibility index (Phi) is 3.09. The molecule has 1 N–H and O–H groups in total. The summed E-state index contributed by atoms with van der Waals surface area (Å²) in [6, 6.07) is 0.812. The molecule has 1 aliphatic carbocycles. The van der Waals surface area contributed by atoms with Gasteiger partial charge in [0.05, 0.1) is 0 Å². The maximum atomic E-state index is 3.48. The molecule has 1 aliphatic heterocycles. The summed E-state index contributed by atoms with van der Waals surface area (Å²) in [7, 11) is 0. The zero-order valence-corrected chi connectivity index (χ0v) is 11.6. The molecule has 0 aromatic heterocycles. The van der Waals surface area contributed by atoms with Gasteiger partial charge >= 0.3 is 0 Å². The zero-order valence-electron chi connectivity index (χ0n) is 11.6. The van der Waals surface area contributed by atoms with E-state index >= 15 is 0 Å². The van der Waals surface area contributed by atoms with Crippen molar-refractivity contribution in [3.63, 3.8) is 0 Å². The molecule has 0 radical (unpaired) electrons. The van der Waals surface area contributed by atoms with Gasteiger partial charge in [0.1, 0.15) is 0 Å². The molecule has 1 atom stereocenters. The van der Waals surface area contributed by atoms with Gasteiger partial charge in [-0.1, -0.05) is 34.6 Å². The first-order chi connectivity index (χ1) is 7.41. The van der Waals surface area contributed by atoms with E-state index in [9.17, 15) is 0 Å². The Bertz CT molecular complexity index is 243. The molecule has 1 heterocycles. The van der Waals surface area contributed by atoms with E-state index in [0.29, 0.717) is 10.8 Å². The van der Waals surface area contributed by atoms with Gasteiger partial charge in [0.15, 0.2) is 0 Å². The lowest BCUT2D eigenvalue weighted by atomic mass is 10.0. The van der Waals surface area contributed by atoms with Crippen molar-refractivity contribution in [2.75, 3.05) is 26.2 Å². The molecule has 1 saturated carbocycles. The zero-order chi connectivity index (χ0) is 12.0. The summed E-state index contributed by atoms with van der Waals surface area (Å²) in [5.74, 6) is 0.882. The fraction of sp³-hybridized carbons (Fsp3) is 1.00. The predicted octanol–water partition coefficient (Wildman–Crippen LogP) is 2.35. The van der Waals surface area contributed by atoms with Crippen LogP contribution in [-0.2, 0) is 0 Å². The molecular formula is C14H28N2. The molecule has 2 fully saturated rings. The molecule has 16 heavy (non-hydrogen) atoms. The Balaban J connectivity index is 1.86. The molecule has 1 unspecified atom stereocenters. The van der Waals surface area contributed by atoms with Gasteiger partial charge in [-0.2, -0.15) is 0 Å². The summed E-state index contributed by atoms with van der Waals surface area (Å²) in [5.41, 5.74) is 1.03. The van der Waals surface area contributed by atoms with Gasteiger partial charge in [0.25, 0.3) is 0 Å². The summed E-state index contributed by atoms with van der Waals surface area (Å²) in [5, 5.41) is 3.48. The smallest absolute Gasteiger partial charge is 0.0209 e. The maximum Gasteiger partial charge on any atom is 0.0209 e. The van der Waals surface area contributed by atoms with E-state index in [1.807, 2.05) is 0 Å². The first kappa shape index (κ1) is 12.4. The average molecular weight is 224 g/mol. The molecule has 0 aromatic rings. The Hall–Kier alpha value is -0.0800. The summed E-state index contributed by atoms with van der Waals surface area (Å²) in [6.07, 6.45) is 1.38. The number of hydrogen-bond donors (Lipinski definition) is 1. The fourth-order valence-corrected chi connectivity index (χ4v) is 3.69. The Morgan fingerprint density at radius 2 is 1.81 bits per heavy atom. The number of likely N-dealkylation sites (tertiary alicyclic amines) is 1. The highest BCUT2D eigenvalue weighted by atomic mass is 15.2. The summed E-state index contributed by atoms with van der Waals surface area (Å²) in [6.45, 7) is 16.8. The molecular weight excluding hydrogens is 196 g/mol. The summed E-state index contributed by atoms with van der Waals surface area (Å²) >= 11 is 0. The lowest BCUT2D eigenvalue weighted by Gasteiger charge is -2.18. The van der Waals surface area contributed by atoms with Crippen LogP contribution in [-0.4, -0.2) is 37.1 Å². The molecule has 2 aliphatic rings. The number of nitrogens with one attached hydrogen (secondary N) is 1. The first-order valence-electron chi connectivity index (χ1n) is 6.86. The molecule has 0 bridgehead atoms. The Morgan fingerprint density at radius 3 is 2.31 bits per heavy atom. The third kappa shape index (κ3) is 1.80. The number of nitrogens with zero attached hydrogens (tertiary/aromatic N) is 1. The van der Waals surface area contributed by atoms with Gasteiger partial charge in [-0.3, -0.25) is 4.90 Å². The minimum atomic E-state index is 0.514. The third-order valence-corrected chi connectivity index (χ3v) is 5.31. The van der Waals surface area contributed by atoms with Gasteiger partial charge in [-0.15, -0.1) is 0 Å². The topological polar surface area (TPSA) is 15.3 Å². The normalized spacial score (nSPS) is 33.2. The van der Waals surface area contributed by atoms with E-state index < -0.39 is 0 Å². The van der Waals surface area contributed by atoms with Crippen molar-refractivity contribution >= 4 is 0 Å². The van der Waals surface area contributed by atoms with Crippen molar-refractivity contribution < 1.29 is 0 Å². The van der Waals surface area contributed by atoms with Crippen LogP contribution in [0.25, 0.3) is 0 Å². The van der Waals surface area contributed by atoms with E-state index in [0.717, 1.165) is 18.5 Å². The highest BCUT2D eigenvalue weighted by molar-refractivity contribution is 5.19. The van der Waals surface area contributed by atoms with Crippen LogP contribution in [0.4, 0.5) is 0 Å². The molecule has 2 nitrogen and oxygen atoms in total. The van der Waals surface area contributed by atoms with Crippen LogP contribution in [0.5, 0.6) is 0 Å². The molecule has 1 saturated heterocycles. The SMILES string of the molecule is CCNCC1CCN(C2C(C)(C)C2(C)C)C1. The van der Waals surface area contributed by atoms with Crippen LogP contribution in [0.2, 0.25) is 0 Å². The maximum absolute atomic E-state index is 3.48. The van der Waals surface area contributed by atoms with Gasteiger partial charge in [-0.25, -0.2) is 0 Å². The van der Waals surface area contributed by atoms with E-state index in [2.05, 4.69) is 44.8 Å². The van der Waals surface area contributed by atoms with Crippen LogP contribution in [0.15, 0.2) is 0 Å². The van der Waals surface area contributed by atoms with Gasteiger partial charge in [0, 0.05) is 12.6 Å². The fourth-order valence-electron chi connectivity index (χ4n) is 3.69. The largest absolute Gasteiger partial charge is 0.317 e. The van der Waals surface area contributed by atoms with Crippen molar-refractivity contribution in [3.8, 4) is 0 Å². The number of hydrogen-bond acceptors (Lipinski definition) is 2. The van der Waals surface area contributed by atoms with E-state index in [-0.39, 0.29) is 0 Å². The second kappa shape index (κ2) is 3.99. The Morgan fingerprint density at radius 1 is 1.19 bits per heavy atom. The first-order valence-corrected chi connectivity index (χ1v) is 6.86. The predicted molar refractivity (Wildman–Crippen MR) is 69.6 cm³/mol. The lowest BCUT2D eigenvalue weighted by molar-refractivity contribution is 0.267. The van der Waals surface area contributed by atoms with Gasteiger partial charge in [-0.05, 0) is 42.8 Å². The standard InChI is InChI=1S/C14H28N2/c1-6-15-9-11-7-8-16(10-11)12-13(2,3)14(12,4)5/h11-12,15H,6-10H2,1-5H3. The molecule has 0 spiro atoms. The second-order valence-corrected chi connectivity index (χ2v) is 6.80. The monoisotopic (exact) mass is 224 g/mol. The van der Waals surface area contributed by atoms with Crippen LogP contribution in [0, 0.1) is 16.7 Å². The minimum Gasteiger partial charge on any atom is -0.317 e. The number of rotatable bonds is 4. The highest BCUT2D eigenvalue weighted by Crippen LogP contribution is 2.65. The third-order valence-electron chi connectivity index (χ3n) is 5.31. The second-order valence-electron chi connectivity index (χ2n) is 6.80. The van der Waals surface area contributed by atoms with Gasteiger partial charge in [0.2, 0.25) is 0 Å². The average Bonchev–Trinajstić information content (AvgIpc) is 2.56. The van der Waals surface area contributed by atoms with Crippen molar-refractivity contribution in [3.05, 3.63) is 0 Å². The van der Waals surface area contributed by atoms with Crippen molar-refractivity contribution in [2.45, 2.75) is 47.1 Å². The molecule has 2 rings (SSSR count). The summed E-state index contributed by atoms with van der Waals surface area (Å²) in [4.78, 5) is 2.74. The van der Waals surface area contributed by atoms with Crippen molar-refractivity contribution in [1.29, 1.82) is 0 Å². The summed E-state index contributed by atoms with van der Waals surface area (Å²) < 4.78 is 0. The molecule has 0 amide bonds. The van der Waals surface area contributed by atoms with Crippen LogP contribution >= 0.6 is 0 Å². The van der Waals surface area contributed by atoms with Crippen molar-refractivity contribution in [2.24, 2.45) is 16.7 Å². The minimum absolute atomic E-state index is 0.514. The van der Waals surface area contributed by atoms with Crippen LogP contribution in [0.1, 0.15) is 41.0 Å². The highest BCUT2D eigenvalue weighted by Gasteiger charge is 2.67. The van der Waals surface area contributed by atoms with E-state index in [4.69, 9.17) is 0 Å². The van der Waals surface area contributed by atoms with Gasteiger partial charge < -0.3 is 5.32 Å². The van der Waals surface area contributed by atoms with Crippen LogP contribution in [0.3, 0.4) is 0 Å². The molecule has 2 heteroatoms. The molecule has 0 aromatic carbocycles. The van der Waals surface area contributed by atoms with Crippen molar-refractivity contribution in [1.82, 2.24) is 10.2 Å². The quantitative estimate of drug-likeness (QED) is 0.788. The van der Waals surface area contributed by atoms with Crippen LogP contribution < -0.4 is 5.32 Å².